The standard InChI is InChI=1S/C18H16N2O4/c1-23-14-6-7-15-12(9-14)10-16(20-15)17(21)19-13-5-3-4-11(8-13)18(22)24-2/h3-10,20H,1-2H3,(H,19,21). The first-order valence-corrected chi connectivity index (χ1v) is 7.27. The van der Waals surface area contributed by atoms with Crippen LogP contribution in [0.3, 0.4) is 0 Å². The Hall–Kier alpha value is -3.28. The normalized spacial score (nSPS) is 10.4. The summed E-state index contributed by atoms with van der Waals surface area (Å²) >= 11 is 0. The highest BCUT2D eigenvalue weighted by atomic mass is 16.5. The number of carbonyl (C=O) groups is 2. The number of fused-ring (bicyclic) bond motifs is 1. The van der Waals surface area contributed by atoms with Gasteiger partial charge in [-0.15, -0.1) is 0 Å². The molecule has 6 heteroatoms. The largest absolute Gasteiger partial charge is 0.497 e. The molecule has 2 aromatic carbocycles. The first-order valence-electron chi connectivity index (χ1n) is 7.27. The highest BCUT2D eigenvalue weighted by molar-refractivity contribution is 6.06. The summed E-state index contributed by atoms with van der Waals surface area (Å²) in [5.74, 6) is -0.0322. The molecule has 0 spiro atoms. The molecule has 0 aliphatic carbocycles. The van der Waals surface area contributed by atoms with E-state index in [0.717, 1.165) is 16.7 Å². The number of hydrogen-bond donors (Lipinski definition) is 2. The lowest BCUT2D eigenvalue weighted by Crippen LogP contribution is -2.12. The Bertz CT molecular complexity index is 914. The Labute approximate surface area is 138 Å². The van der Waals surface area contributed by atoms with Gasteiger partial charge in [0.2, 0.25) is 0 Å². The van der Waals surface area contributed by atoms with Crippen LogP contribution in [-0.4, -0.2) is 31.1 Å². The van der Waals surface area contributed by atoms with Gasteiger partial charge in [-0.1, -0.05) is 6.07 Å². The van der Waals surface area contributed by atoms with Gasteiger partial charge in [0.25, 0.3) is 5.91 Å². The van der Waals surface area contributed by atoms with Crippen molar-refractivity contribution < 1.29 is 19.1 Å². The van der Waals surface area contributed by atoms with Crippen LogP contribution >= 0.6 is 0 Å². The second kappa shape index (κ2) is 6.45. The third-order valence-electron chi connectivity index (χ3n) is 3.61. The molecule has 3 rings (SSSR count). The minimum Gasteiger partial charge on any atom is -0.497 e. The number of rotatable bonds is 4. The van der Waals surface area contributed by atoms with Crippen molar-refractivity contribution in [3.63, 3.8) is 0 Å². The number of aromatic amines is 1. The van der Waals surface area contributed by atoms with E-state index >= 15 is 0 Å². The first kappa shape index (κ1) is 15.6. The summed E-state index contributed by atoms with van der Waals surface area (Å²) in [5, 5.41) is 3.64. The van der Waals surface area contributed by atoms with Crippen molar-refractivity contribution in [3.05, 3.63) is 59.8 Å². The zero-order chi connectivity index (χ0) is 17.1. The van der Waals surface area contributed by atoms with Crippen LogP contribution in [0.25, 0.3) is 10.9 Å². The Kier molecular flexibility index (Phi) is 4.20. The summed E-state index contributed by atoms with van der Waals surface area (Å²) in [6.45, 7) is 0. The maximum absolute atomic E-state index is 12.4. The van der Waals surface area contributed by atoms with E-state index in [4.69, 9.17) is 4.74 Å². The van der Waals surface area contributed by atoms with Gasteiger partial charge < -0.3 is 19.8 Å². The highest BCUT2D eigenvalue weighted by Crippen LogP contribution is 2.22. The van der Waals surface area contributed by atoms with E-state index in [0.29, 0.717) is 16.9 Å². The van der Waals surface area contributed by atoms with E-state index in [1.807, 2.05) is 18.2 Å². The zero-order valence-electron chi connectivity index (χ0n) is 13.3. The molecule has 24 heavy (non-hydrogen) atoms. The lowest BCUT2D eigenvalue weighted by atomic mass is 10.2. The smallest absolute Gasteiger partial charge is 0.337 e. The van der Waals surface area contributed by atoms with Crippen LogP contribution in [0.1, 0.15) is 20.8 Å². The second-order valence-electron chi connectivity index (χ2n) is 5.16. The average Bonchev–Trinajstić information content (AvgIpc) is 3.04. The molecule has 0 aliphatic rings. The van der Waals surface area contributed by atoms with Crippen LogP contribution < -0.4 is 10.1 Å². The lowest BCUT2D eigenvalue weighted by molar-refractivity contribution is 0.0600. The van der Waals surface area contributed by atoms with E-state index < -0.39 is 5.97 Å². The molecule has 0 aliphatic heterocycles. The van der Waals surface area contributed by atoms with Crippen LogP contribution in [0.2, 0.25) is 0 Å². The third-order valence-corrected chi connectivity index (χ3v) is 3.61. The number of aromatic nitrogens is 1. The molecule has 1 amide bonds. The number of ether oxygens (including phenoxy) is 2. The van der Waals surface area contributed by atoms with Crippen LogP contribution in [0.5, 0.6) is 5.75 Å². The quantitative estimate of drug-likeness (QED) is 0.722. The fourth-order valence-corrected chi connectivity index (χ4v) is 2.40. The summed E-state index contributed by atoms with van der Waals surface area (Å²) < 4.78 is 9.85. The van der Waals surface area contributed by atoms with Crippen molar-refractivity contribution in [3.8, 4) is 5.75 Å². The predicted molar refractivity (Wildman–Crippen MR) is 90.6 cm³/mol. The minimum atomic E-state index is -0.455. The number of nitrogens with one attached hydrogen (secondary N) is 2. The molecule has 0 atom stereocenters. The van der Waals surface area contributed by atoms with Gasteiger partial charge in [-0.25, -0.2) is 4.79 Å². The molecule has 0 unspecified atom stereocenters. The molecule has 1 aromatic heterocycles. The molecule has 2 N–H and O–H groups in total. The molecular weight excluding hydrogens is 308 g/mol. The third kappa shape index (κ3) is 3.08. The molecular formula is C18H16N2O4. The fraction of sp³-hybridized carbons (Fsp3) is 0.111. The number of carbonyl (C=O) groups excluding carboxylic acids is 2. The second-order valence-corrected chi connectivity index (χ2v) is 5.16. The molecule has 0 bridgehead atoms. The van der Waals surface area contributed by atoms with Crippen molar-refractivity contribution in [2.75, 3.05) is 19.5 Å². The van der Waals surface area contributed by atoms with Gasteiger partial charge in [0.05, 0.1) is 19.8 Å². The van der Waals surface area contributed by atoms with Crippen molar-refractivity contribution in [2.45, 2.75) is 0 Å². The van der Waals surface area contributed by atoms with Gasteiger partial charge in [0.15, 0.2) is 0 Å². The van der Waals surface area contributed by atoms with Gasteiger partial charge in [-0.3, -0.25) is 4.79 Å². The van der Waals surface area contributed by atoms with Gasteiger partial charge in [0.1, 0.15) is 11.4 Å². The van der Waals surface area contributed by atoms with Crippen LogP contribution in [0.4, 0.5) is 5.69 Å². The SMILES string of the molecule is COC(=O)c1cccc(NC(=O)c2cc3cc(OC)ccc3[nH]2)c1. The molecule has 0 saturated carbocycles. The summed E-state index contributed by atoms with van der Waals surface area (Å²) in [4.78, 5) is 27.0. The maximum Gasteiger partial charge on any atom is 0.337 e. The first-order chi connectivity index (χ1) is 11.6. The van der Waals surface area contributed by atoms with E-state index in [-0.39, 0.29) is 5.91 Å². The molecule has 122 valence electrons. The van der Waals surface area contributed by atoms with Crippen molar-refractivity contribution in [2.24, 2.45) is 0 Å². The Morgan fingerprint density at radius 1 is 1.04 bits per heavy atom. The van der Waals surface area contributed by atoms with E-state index in [1.54, 1.807) is 37.4 Å². The lowest BCUT2D eigenvalue weighted by Gasteiger charge is -2.05. The molecule has 3 aromatic rings. The van der Waals surface area contributed by atoms with Gasteiger partial charge >= 0.3 is 5.97 Å². The summed E-state index contributed by atoms with van der Waals surface area (Å²) in [5.41, 5.74) is 2.14. The highest BCUT2D eigenvalue weighted by Gasteiger charge is 2.12. The van der Waals surface area contributed by atoms with Crippen LogP contribution in [0.15, 0.2) is 48.5 Å². The summed E-state index contributed by atoms with van der Waals surface area (Å²) in [6.07, 6.45) is 0. The topological polar surface area (TPSA) is 80.4 Å². The zero-order valence-corrected chi connectivity index (χ0v) is 13.3. The monoisotopic (exact) mass is 324 g/mol. The van der Waals surface area contributed by atoms with Gasteiger partial charge in [0, 0.05) is 16.6 Å². The van der Waals surface area contributed by atoms with Gasteiger partial charge in [-0.05, 0) is 42.5 Å². The number of benzene rings is 2. The van der Waals surface area contributed by atoms with E-state index in [9.17, 15) is 9.59 Å². The molecule has 0 radical (unpaired) electrons. The number of H-pyrrole nitrogens is 1. The fourth-order valence-electron chi connectivity index (χ4n) is 2.40. The predicted octanol–water partition coefficient (Wildman–Crippen LogP) is 3.22. The average molecular weight is 324 g/mol. The number of esters is 1. The number of methoxy groups -OCH3 is 2. The van der Waals surface area contributed by atoms with Crippen molar-refractivity contribution in [1.29, 1.82) is 0 Å². The Morgan fingerprint density at radius 2 is 1.88 bits per heavy atom. The number of hydrogen-bond acceptors (Lipinski definition) is 4. The maximum atomic E-state index is 12.4. The van der Waals surface area contributed by atoms with Gasteiger partial charge in [-0.2, -0.15) is 0 Å². The number of amides is 1. The van der Waals surface area contributed by atoms with Crippen molar-refractivity contribution in [1.82, 2.24) is 4.98 Å². The molecule has 0 saturated heterocycles. The van der Waals surface area contributed by atoms with Crippen molar-refractivity contribution >= 4 is 28.5 Å². The van der Waals surface area contributed by atoms with E-state index in [2.05, 4.69) is 15.0 Å². The molecule has 1 heterocycles. The summed E-state index contributed by atoms with van der Waals surface area (Å²) in [6, 6.07) is 13.8. The summed E-state index contributed by atoms with van der Waals surface area (Å²) in [7, 11) is 2.90. The van der Waals surface area contributed by atoms with Crippen LogP contribution in [-0.2, 0) is 4.74 Å². The Morgan fingerprint density at radius 3 is 2.62 bits per heavy atom. The minimum absolute atomic E-state index is 0.299. The molecule has 0 fully saturated rings. The number of anilines is 1. The van der Waals surface area contributed by atoms with Crippen LogP contribution in [0, 0.1) is 0 Å². The van der Waals surface area contributed by atoms with E-state index in [1.165, 1.54) is 7.11 Å². The molecule has 6 nitrogen and oxygen atoms in total. The Balaban J connectivity index is 1.83.